The van der Waals surface area contributed by atoms with Crippen LogP contribution in [0.25, 0.3) is 10.8 Å². The minimum atomic E-state index is -1.79. The van der Waals surface area contributed by atoms with E-state index in [1.165, 1.54) is 73.9 Å². The number of aliphatic hydroxyl groups is 3. The number of rotatable bonds is 19. The van der Waals surface area contributed by atoms with Crippen LogP contribution in [0.3, 0.4) is 0 Å². The van der Waals surface area contributed by atoms with Crippen LogP contribution in [-0.2, 0) is 35.2 Å². The number of hydrogen-bond acceptors (Lipinski definition) is 14. The summed E-state index contributed by atoms with van der Waals surface area (Å²) in [6.45, 7) is 11.6. The molecule has 4 unspecified atom stereocenters. The van der Waals surface area contributed by atoms with Crippen molar-refractivity contribution in [3.63, 3.8) is 0 Å². The first kappa shape index (κ1) is 54.4. The van der Waals surface area contributed by atoms with E-state index < -0.39 is 73.4 Å². The molecule has 9 N–H and O–H groups in total. The third-order valence-electron chi connectivity index (χ3n) is 10.4. The monoisotopic (exact) mass is 902 g/mol. The second-order valence-electron chi connectivity index (χ2n) is 15.2. The molecule has 3 aromatic carbocycles. The number of carboxylic acids is 6. The predicted octanol–water partition coefficient (Wildman–Crippen LogP) is 1.50. The SMILES string of the molecule is COc1ccc(C(CN2CCN(CCCCc3cccc4ccccc34)CC2)N2CCN(C)CC2)cc1.O=C(O)CC(O)C(=O)O.O=C(O)CC(O)C(=O)O.O=C(O)CC(O)C(=O)O. The summed E-state index contributed by atoms with van der Waals surface area (Å²) in [7, 11) is 3.98. The molecule has 2 fully saturated rings. The van der Waals surface area contributed by atoms with Crippen LogP contribution < -0.4 is 4.74 Å². The highest BCUT2D eigenvalue weighted by Gasteiger charge is 2.28. The number of ether oxygens (including phenoxy) is 1. The lowest BCUT2D eigenvalue weighted by molar-refractivity contribution is -0.153. The first-order valence-corrected chi connectivity index (χ1v) is 20.7. The maximum Gasteiger partial charge on any atom is 0.333 e. The number of benzene rings is 3. The molecule has 2 aliphatic rings. The van der Waals surface area contributed by atoms with Gasteiger partial charge in [0, 0.05) is 64.9 Å². The van der Waals surface area contributed by atoms with Gasteiger partial charge in [0.15, 0.2) is 18.3 Å². The van der Waals surface area contributed by atoms with Crippen LogP contribution in [0, 0.1) is 0 Å². The Balaban J connectivity index is 0.000000424. The summed E-state index contributed by atoms with van der Waals surface area (Å²) in [5.74, 6) is -7.60. The van der Waals surface area contributed by atoms with E-state index in [0.717, 1.165) is 38.5 Å². The molecule has 5 rings (SSSR count). The number of aliphatic carboxylic acids is 6. The van der Waals surface area contributed by atoms with Gasteiger partial charge in [-0.3, -0.25) is 24.2 Å². The molecule has 354 valence electrons. The summed E-state index contributed by atoms with van der Waals surface area (Å²) in [6.07, 6.45) is -3.92. The van der Waals surface area contributed by atoms with E-state index in [4.69, 9.17) is 50.7 Å². The summed E-state index contributed by atoms with van der Waals surface area (Å²) in [4.78, 5) is 68.8. The number of aliphatic hydroxyl groups excluding tert-OH is 3. The molecule has 0 spiro atoms. The molecule has 0 aromatic heterocycles. The van der Waals surface area contributed by atoms with Crippen LogP contribution >= 0.6 is 0 Å². The van der Waals surface area contributed by atoms with Gasteiger partial charge in [-0.25, -0.2) is 14.4 Å². The molecule has 20 nitrogen and oxygen atoms in total. The number of nitrogens with zero attached hydrogens (tertiary/aromatic N) is 4. The van der Waals surface area contributed by atoms with Crippen molar-refractivity contribution in [2.75, 3.05) is 79.6 Å². The number of piperazine rings is 2. The van der Waals surface area contributed by atoms with Gasteiger partial charge in [0.05, 0.1) is 26.4 Å². The van der Waals surface area contributed by atoms with Gasteiger partial charge < -0.3 is 60.5 Å². The summed E-state index contributed by atoms with van der Waals surface area (Å²) in [5, 5.41) is 75.2. The lowest BCUT2D eigenvalue weighted by Gasteiger charge is -2.42. The van der Waals surface area contributed by atoms with E-state index in [2.05, 4.69) is 93.4 Å². The Morgan fingerprint density at radius 3 is 1.50 bits per heavy atom. The molecule has 0 saturated carbocycles. The molecular weight excluding hydrogens is 840 g/mol. The quantitative estimate of drug-likeness (QED) is 0.0770. The van der Waals surface area contributed by atoms with Crippen molar-refractivity contribution in [1.29, 1.82) is 0 Å². The Morgan fingerprint density at radius 2 is 1.05 bits per heavy atom. The smallest absolute Gasteiger partial charge is 0.333 e. The Labute approximate surface area is 371 Å². The molecule has 20 heteroatoms. The van der Waals surface area contributed by atoms with E-state index in [9.17, 15) is 28.8 Å². The van der Waals surface area contributed by atoms with Crippen molar-refractivity contribution in [1.82, 2.24) is 19.6 Å². The standard InChI is InChI=1S/C32H44N4O.3C4H6O5/c1-33-18-24-36(25-19-33)32(29-13-15-30(37-2)16-14-29)26-35-22-20-34(21-23-35)17-6-5-9-28-11-7-10-27-8-3-4-12-31(27)28;3*5-2(4(8)9)1-3(6)7/h3-4,7-8,10-16,32H,5-6,9,17-26H2,1-2H3;3*2,5H,1H2,(H,6,7)(H,8,9). The first-order chi connectivity index (χ1) is 30.3. The van der Waals surface area contributed by atoms with E-state index in [1.807, 2.05) is 0 Å². The van der Waals surface area contributed by atoms with Crippen molar-refractivity contribution in [2.45, 2.75) is 62.9 Å². The zero-order valence-corrected chi connectivity index (χ0v) is 36.1. The molecule has 64 heavy (non-hydrogen) atoms. The number of unbranched alkanes of at least 4 members (excludes halogenated alkanes) is 1. The topological polar surface area (TPSA) is 307 Å². The maximum absolute atomic E-state index is 9.72. The van der Waals surface area contributed by atoms with Gasteiger partial charge in [-0.15, -0.1) is 0 Å². The number of carboxylic acid groups (broad SMARTS) is 6. The summed E-state index contributed by atoms with van der Waals surface area (Å²) >= 11 is 0. The lowest BCUT2D eigenvalue weighted by Crippen LogP contribution is -2.52. The third kappa shape index (κ3) is 21.1. The highest BCUT2D eigenvalue weighted by atomic mass is 16.5. The maximum atomic E-state index is 9.72. The van der Waals surface area contributed by atoms with Crippen LogP contribution in [0.4, 0.5) is 0 Å². The number of carbonyl (C=O) groups is 6. The zero-order chi connectivity index (χ0) is 47.8. The predicted molar refractivity (Wildman–Crippen MR) is 232 cm³/mol. The fourth-order valence-corrected chi connectivity index (χ4v) is 6.75. The summed E-state index contributed by atoms with van der Waals surface area (Å²) < 4.78 is 5.42. The number of methoxy groups -OCH3 is 1. The Kier molecular flexibility index (Phi) is 24.5. The molecule has 0 bridgehead atoms. The van der Waals surface area contributed by atoms with Crippen LogP contribution in [0.15, 0.2) is 66.7 Å². The molecule has 4 atom stereocenters. The first-order valence-electron chi connectivity index (χ1n) is 20.7. The van der Waals surface area contributed by atoms with E-state index in [0.29, 0.717) is 6.04 Å². The molecule has 2 saturated heterocycles. The van der Waals surface area contributed by atoms with Gasteiger partial charge >= 0.3 is 35.8 Å². The molecule has 2 heterocycles. The van der Waals surface area contributed by atoms with Gasteiger partial charge in [0.25, 0.3) is 0 Å². The third-order valence-corrected chi connectivity index (χ3v) is 10.4. The number of hydrogen-bond donors (Lipinski definition) is 9. The average Bonchev–Trinajstić information content (AvgIpc) is 3.25. The highest BCUT2D eigenvalue weighted by molar-refractivity contribution is 5.85. The zero-order valence-electron chi connectivity index (χ0n) is 36.1. The van der Waals surface area contributed by atoms with Crippen molar-refractivity contribution in [3.8, 4) is 5.75 Å². The fourth-order valence-electron chi connectivity index (χ4n) is 6.75. The van der Waals surface area contributed by atoms with E-state index in [1.54, 1.807) is 7.11 Å². The number of fused-ring (bicyclic) bond motifs is 1. The molecule has 3 aromatic rings. The van der Waals surface area contributed by atoms with Gasteiger partial charge in [-0.05, 0) is 66.9 Å². The van der Waals surface area contributed by atoms with Gasteiger partial charge in [-0.1, -0.05) is 54.6 Å². The van der Waals surface area contributed by atoms with Crippen molar-refractivity contribution in [2.24, 2.45) is 0 Å². The molecule has 0 aliphatic carbocycles. The fraction of sp³-hybridized carbons (Fsp3) is 0.500. The Bertz CT molecular complexity index is 1840. The lowest BCUT2D eigenvalue weighted by atomic mass is 10.00. The van der Waals surface area contributed by atoms with Gasteiger partial charge in [0.2, 0.25) is 0 Å². The summed E-state index contributed by atoms with van der Waals surface area (Å²) in [5.41, 5.74) is 2.91. The number of aryl methyl sites for hydroxylation is 1. The van der Waals surface area contributed by atoms with Gasteiger partial charge in [0.1, 0.15) is 5.75 Å². The second kappa shape index (κ2) is 28.8. The van der Waals surface area contributed by atoms with Crippen LogP contribution in [0.2, 0.25) is 0 Å². The minimum Gasteiger partial charge on any atom is -0.497 e. The summed E-state index contributed by atoms with van der Waals surface area (Å²) in [6, 6.07) is 24.8. The van der Waals surface area contributed by atoms with Crippen molar-refractivity contribution < 1.29 is 79.5 Å². The molecular formula is C44H62N4O16. The Hall–Kier alpha value is -5.74. The second-order valence-corrected chi connectivity index (χ2v) is 15.2. The van der Waals surface area contributed by atoms with Crippen LogP contribution in [0.1, 0.15) is 49.3 Å². The molecule has 0 radical (unpaired) electrons. The van der Waals surface area contributed by atoms with E-state index >= 15 is 0 Å². The number of likely N-dealkylation sites (N-methyl/N-ethyl adjacent to an activating group) is 1. The van der Waals surface area contributed by atoms with Crippen molar-refractivity contribution in [3.05, 3.63) is 77.9 Å². The normalized spacial score (nSPS) is 16.5. The van der Waals surface area contributed by atoms with Gasteiger partial charge in [-0.2, -0.15) is 0 Å². The van der Waals surface area contributed by atoms with Crippen molar-refractivity contribution >= 4 is 46.6 Å². The largest absolute Gasteiger partial charge is 0.497 e. The Morgan fingerprint density at radius 1 is 0.578 bits per heavy atom. The minimum absolute atomic E-state index is 0.451. The molecule has 2 aliphatic heterocycles. The van der Waals surface area contributed by atoms with Crippen LogP contribution in [0.5, 0.6) is 5.75 Å². The van der Waals surface area contributed by atoms with E-state index in [-0.39, 0.29) is 0 Å². The molecule has 0 amide bonds. The highest BCUT2D eigenvalue weighted by Crippen LogP contribution is 2.26. The average molecular weight is 903 g/mol. The van der Waals surface area contributed by atoms with Crippen LogP contribution in [-0.4, -0.2) is 199 Å².